The van der Waals surface area contributed by atoms with E-state index in [9.17, 15) is 8.42 Å². The molecule has 1 fully saturated rings. The molecule has 1 heterocycles. The van der Waals surface area contributed by atoms with E-state index in [1.165, 1.54) is 0 Å². The van der Waals surface area contributed by atoms with Crippen LogP contribution < -0.4 is 15.8 Å². The molecule has 0 radical (unpaired) electrons. The summed E-state index contributed by atoms with van der Waals surface area (Å²) in [6.45, 7) is 11.4. The minimum Gasteiger partial charge on any atom is -0.379 e. The third-order valence-electron chi connectivity index (χ3n) is 3.79. The monoisotopic (exact) mass is 363 g/mol. The van der Waals surface area contributed by atoms with Crippen LogP contribution in [-0.4, -0.2) is 77.0 Å². The molecule has 0 aromatic heterocycles. The van der Waals surface area contributed by atoms with E-state index in [1.54, 1.807) is 0 Å². The van der Waals surface area contributed by atoms with Crippen LogP contribution in [0.25, 0.3) is 0 Å². The Labute approximate surface area is 146 Å². The lowest BCUT2D eigenvalue weighted by Crippen LogP contribution is -2.46. The van der Waals surface area contributed by atoms with E-state index in [2.05, 4.69) is 34.4 Å². The van der Waals surface area contributed by atoms with E-state index in [0.717, 1.165) is 32.7 Å². The van der Waals surface area contributed by atoms with Gasteiger partial charge in [-0.25, -0.2) is 13.6 Å². The summed E-state index contributed by atoms with van der Waals surface area (Å²) in [4.78, 5) is 7.07. The molecule has 142 valence electrons. The van der Waals surface area contributed by atoms with Crippen LogP contribution in [0.1, 0.15) is 27.2 Å². The maximum absolute atomic E-state index is 11.0. The van der Waals surface area contributed by atoms with E-state index in [1.807, 2.05) is 6.92 Å². The lowest BCUT2D eigenvalue weighted by molar-refractivity contribution is 0.0143. The second-order valence-electron chi connectivity index (χ2n) is 6.45. The smallest absolute Gasteiger partial charge is 0.210 e. The van der Waals surface area contributed by atoms with E-state index >= 15 is 0 Å². The summed E-state index contributed by atoms with van der Waals surface area (Å²) in [5.74, 6) is 1.10. The van der Waals surface area contributed by atoms with E-state index in [0.29, 0.717) is 31.0 Å². The maximum Gasteiger partial charge on any atom is 0.210 e. The van der Waals surface area contributed by atoms with Crippen LogP contribution in [0.15, 0.2) is 4.99 Å². The Morgan fingerprint density at radius 1 is 1.29 bits per heavy atom. The van der Waals surface area contributed by atoms with Crippen molar-refractivity contribution in [1.29, 1.82) is 0 Å². The molecule has 0 bridgehead atoms. The van der Waals surface area contributed by atoms with Crippen molar-refractivity contribution >= 4 is 16.0 Å². The lowest BCUT2D eigenvalue weighted by Gasteiger charge is -2.34. The van der Waals surface area contributed by atoms with Gasteiger partial charge in [0.25, 0.3) is 0 Å². The average molecular weight is 364 g/mol. The highest BCUT2D eigenvalue weighted by Crippen LogP contribution is 2.14. The topological polar surface area (TPSA) is 109 Å². The molecule has 0 saturated carbocycles. The first kappa shape index (κ1) is 21.1. The Morgan fingerprint density at radius 3 is 2.50 bits per heavy atom. The Morgan fingerprint density at radius 2 is 1.96 bits per heavy atom. The van der Waals surface area contributed by atoms with Gasteiger partial charge in [0.1, 0.15) is 0 Å². The fourth-order valence-corrected chi connectivity index (χ4v) is 3.06. The number of ether oxygens (including phenoxy) is 1. The molecule has 9 heteroatoms. The summed E-state index contributed by atoms with van der Waals surface area (Å²) in [5.41, 5.74) is 0. The molecule has 0 aromatic rings. The van der Waals surface area contributed by atoms with E-state index < -0.39 is 10.0 Å². The number of nitrogens with two attached hydrogens (primary N) is 1. The molecule has 1 aliphatic heterocycles. The van der Waals surface area contributed by atoms with Gasteiger partial charge in [0.05, 0.1) is 25.5 Å². The van der Waals surface area contributed by atoms with Crippen molar-refractivity contribution < 1.29 is 13.2 Å². The second kappa shape index (κ2) is 10.9. The first-order chi connectivity index (χ1) is 11.3. The highest BCUT2D eigenvalue weighted by molar-refractivity contribution is 7.89. The molecule has 0 aromatic carbocycles. The molecule has 0 amide bonds. The molecule has 4 N–H and O–H groups in total. The zero-order chi connectivity index (χ0) is 18.0. The highest BCUT2D eigenvalue weighted by Gasteiger charge is 2.21. The molecule has 1 rings (SSSR count). The number of nitrogens with zero attached hydrogens (tertiary/aromatic N) is 2. The predicted molar refractivity (Wildman–Crippen MR) is 97.6 cm³/mol. The molecule has 8 nitrogen and oxygen atoms in total. The third kappa shape index (κ3) is 9.41. The van der Waals surface area contributed by atoms with Gasteiger partial charge < -0.3 is 15.4 Å². The first-order valence-electron chi connectivity index (χ1n) is 8.66. The van der Waals surface area contributed by atoms with Gasteiger partial charge in [-0.05, 0) is 19.3 Å². The molecular formula is C15H33N5O3S. The van der Waals surface area contributed by atoms with Crippen molar-refractivity contribution in [2.24, 2.45) is 16.0 Å². The van der Waals surface area contributed by atoms with Crippen molar-refractivity contribution in [2.75, 3.05) is 51.7 Å². The van der Waals surface area contributed by atoms with Gasteiger partial charge in [0, 0.05) is 32.2 Å². The maximum atomic E-state index is 11.0. The fourth-order valence-electron chi connectivity index (χ4n) is 2.68. The molecule has 1 aliphatic rings. The normalized spacial score (nSPS) is 18.6. The van der Waals surface area contributed by atoms with Crippen LogP contribution >= 0.6 is 0 Å². The molecule has 1 unspecified atom stereocenters. The second-order valence-corrected chi connectivity index (χ2v) is 8.18. The number of nitrogens with one attached hydrogen (secondary N) is 2. The van der Waals surface area contributed by atoms with Crippen molar-refractivity contribution in [2.45, 2.75) is 33.2 Å². The molecule has 0 aliphatic carbocycles. The Bertz CT molecular complexity index is 476. The van der Waals surface area contributed by atoms with Gasteiger partial charge in [0.15, 0.2) is 5.96 Å². The summed E-state index contributed by atoms with van der Waals surface area (Å²) in [6.07, 6.45) is 1.07. The summed E-state index contributed by atoms with van der Waals surface area (Å²) in [6, 6.07) is 0.364. The number of sulfonamides is 1. The molecule has 1 atom stereocenters. The van der Waals surface area contributed by atoms with Crippen LogP contribution in [0.4, 0.5) is 0 Å². The zero-order valence-corrected chi connectivity index (χ0v) is 15.9. The van der Waals surface area contributed by atoms with Gasteiger partial charge >= 0.3 is 0 Å². The van der Waals surface area contributed by atoms with Gasteiger partial charge in [-0.2, -0.15) is 0 Å². The van der Waals surface area contributed by atoms with Gasteiger partial charge in [-0.15, -0.1) is 0 Å². The number of hydrogen-bond acceptors (Lipinski definition) is 5. The highest BCUT2D eigenvalue weighted by atomic mass is 32.2. The van der Waals surface area contributed by atoms with Gasteiger partial charge in [-0.1, -0.05) is 13.8 Å². The van der Waals surface area contributed by atoms with Crippen LogP contribution in [0.5, 0.6) is 0 Å². The molecule has 1 saturated heterocycles. The third-order valence-corrected chi connectivity index (χ3v) is 4.56. The lowest BCUT2D eigenvalue weighted by atomic mass is 10.0. The average Bonchev–Trinajstić information content (AvgIpc) is 2.50. The number of primary sulfonamides is 1. The Kier molecular flexibility index (Phi) is 9.57. The SMILES string of the molecule is CCNC(=NCC(CC(C)C)N1CCOCC1)NCCS(N)(=O)=O. The van der Waals surface area contributed by atoms with Crippen molar-refractivity contribution in [3.05, 3.63) is 0 Å². The van der Waals surface area contributed by atoms with E-state index in [-0.39, 0.29) is 12.3 Å². The summed E-state index contributed by atoms with van der Waals surface area (Å²) < 4.78 is 27.5. The van der Waals surface area contributed by atoms with Gasteiger partial charge in [-0.3, -0.25) is 9.89 Å². The minimum atomic E-state index is -3.47. The van der Waals surface area contributed by atoms with E-state index in [4.69, 9.17) is 9.88 Å². The fraction of sp³-hybridized carbons (Fsp3) is 0.933. The number of rotatable bonds is 9. The molecule has 24 heavy (non-hydrogen) atoms. The number of guanidine groups is 1. The summed E-state index contributed by atoms with van der Waals surface area (Å²) in [5, 5.41) is 11.2. The first-order valence-corrected chi connectivity index (χ1v) is 10.4. The Hall–Kier alpha value is -0.900. The number of aliphatic imine (C=N–C) groups is 1. The van der Waals surface area contributed by atoms with Crippen molar-refractivity contribution in [3.8, 4) is 0 Å². The van der Waals surface area contributed by atoms with Crippen molar-refractivity contribution in [1.82, 2.24) is 15.5 Å². The molecule has 0 spiro atoms. The summed E-state index contributed by atoms with van der Waals surface area (Å²) >= 11 is 0. The Balaban J connectivity index is 2.63. The summed E-state index contributed by atoms with van der Waals surface area (Å²) in [7, 11) is -3.47. The van der Waals surface area contributed by atoms with Crippen LogP contribution in [0, 0.1) is 5.92 Å². The predicted octanol–water partition coefficient (Wildman–Crippen LogP) is -0.423. The zero-order valence-electron chi connectivity index (χ0n) is 15.1. The van der Waals surface area contributed by atoms with Crippen LogP contribution in [-0.2, 0) is 14.8 Å². The standard InChI is InChI=1S/C15H33N5O3S/c1-4-17-15(18-5-10-24(16,21)22)19-12-14(11-13(2)3)20-6-8-23-9-7-20/h13-14H,4-12H2,1-3H3,(H2,16,21,22)(H2,17,18,19). The van der Waals surface area contributed by atoms with Crippen LogP contribution in [0.3, 0.4) is 0 Å². The van der Waals surface area contributed by atoms with Gasteiger partial charge in [0.2, 0.25) is 10.0 Å². The number of hydrogen-bond donors (Lipinski definition) is 3. The van der Waals surface area contributed by atoms with Crippen LogP contribution in [0.2, 0.25) is 0 Å². The largest absolute Gasteiger partial charge is 0.379 e. The number of morpholine rings is 1. The molecular weight excluding hydrogens is 330 g/mol. The quantitative estimate of drug-likeness (QED) is 0.379. The van der Waals surface area contributed by atoms with Crippen molar-refractivity contribution in [3.63, 3.8) is 0 Å². The minimum absolute atomic E-state index is 0.115.